The molecular weight excluding hydrogens is 454 g/mol. The quantitative estimate of drug-likeness (QED) is 0.251. The Morgan fingerprint density at radius 3 is 2.16 bits per heavy atom. The summed E-state index contributed by atoms with van der Waals surface area (Å²) in [5.41, 5.74) is 6.08. The van der Waals surface area contributed by atoms with Gasteiger partial charge in [0.2, 0.25) is 5.88 Å². The lowest BCUT2D eigenvalue weighted by molar-refractivity contribution is 0.376. The van der Waals surface area contributed by atoms with Gasteiger partial charge in [-0.3, -0.25) is 0 Å². The van der Waals surface area contributed by atoms with Gasteiger partial charge in [0.05, 0.1) is 11.0 Å². The molecular formula is C34H21NO2. The fourth-order valence-corrected chi connectivity index (χ4v) is 6.14. The monoisotopic (exact) mass is 475 g/mol. The van der Waals surface area contributed by atoms with Crippen molar-refractivity contribution in [3.05, 3.63) is 150 Å². The van der Waals surface area contributed by atoms with Crippen LogP contribution in [0, 0.1) is 0 Å². The zero-order valence-corrected chi connectivity index (χ0v) is 19.9. The van der Waals surface area contributed by atoms with E-state index in [0.717, 1.165) is 39.5 Å². The van der Waals surface area contributed by atoms with E-state index in [1.807, 2.05) is 36.4 Å². The molecule has 0 radical (unpaired) electrons. The predicted molar refractivity (Wildman–Crippen MR) is 146 cm³/mol. The van der Waals surface area contributed by atoms with Crippen LogP contribution in [0.2, 0.25) is 0 Å². The van der Waals surface area contributed by atoms with Crippen molar-refractivity contribution < 1.29 is 9.47 Å². The summed E-state index contributed by atoms with van der Waals surface area (Å²) in [4.78, 5) is 4.65. The fourth-order valence-electron chi connectivity index (χ4n) is 6.14. The van der Waals surface area contributed by atoms with Gasteiger partial charge < -0.3 is 9.47 Å². The first-order valence-electron chi connectivity index (χ1n) is 12.5. The van der Waals surface area contributed by atoms with E-state index in [1.54, 1.807) is 6.20 Å². The maximum absolute atomic E-state index is 6.43. The van der Waals surface area contributed by atoms with Crippen LogP contribution in [0.1, 0.15) is 22.3 Å². The molecule has 6 aromatic rings. The van der Waals surface area contributed by atoms with Crippen LogP contribution >= 0.6 is 0 Å². The number of benzene rings is 5. The van der Waals surface area contributed by atoms with Gasteiger partial charge in [0, 0.05) is 17.3 Å². The molecule has 2 aliphatic rings. The van der Waals surface area contributed by atoms with E-state index in [0.29, 0.717) is 5.88 Å². The molecule has 3 heteroatoms. The molecule has 2 aliphatic heterocycles. The third kappa shape index (κ3) is 2.74. The van der Waals surface area contributed by atoms with Crippen LogP contribution in [0.3, 0.4) is 0 Å². The summed E-state index contributed by atoms with van der Waals surface area (Å²) in [7, 11) is 0. The van der Waals surface area contributed by atoms with Crippen LogP contribution in [-0.2, 0) is 5.41 Å². The number of para-hydroxylation sites is 1. The van der Waals surface area contributed by atoms with E-state index in [4.69, 9.17) is 9.47 Å². The van der Waals surface area contributed by atoms with Gasteiger partial charge in [-0.05, 0) is 51.7 Å². The Hall–Kier alpha value is -4.89. The molecule has 1 unspecified atom stereocenters. The number of nitrogens with zero attached hydrogens (tertiary/aromatic N) is 1. The Balaban J connectivity index is 1.42. The number of pyridine rings is 1. The molecule has 1 atom stereocenters. The minimum absolute atomic E-state index is 0.611. The Kier molecular flexibility index (Phi) is 4.15. The minimum atomic E-state index is -0.611. The highest BCUT2D eigenvalue weighted by atomic mass is 16.5. The highest BCUT2D eigenvalue weighted by molar-refractivity contribution is 5.96. The number of hydrogen-bond acceptors (Lipinski definition) is 3. The number of rotatable bonds is 2. The van der Waals surface area contributed by atoms with Gasteiger partial charge in [-0.2, -0.15) is 0 Å². The normalized spacial score (nSPS) is 16.6. The number of ether oxygens (including phenoxy) is 2. The Bertz CT molecular complexity index is 1760. The van der Waals surface area contributed by atoms with E-state index in [-0.39, 0.29) is 0 Å². The molecule has 5 aromatic carbocycles. The molecule has 0 saturated heterocycles. The van der Waals surface area contributed by atoms with Crippen LogP contribution in [0.25, 0.3) is 21.9 Å². The largest absolute Gasteiger partial charge is 0.457 e. The standard InChI is InChI=1S/C34H21NO2/c1-2-10-25-22(8-1)9-5-11-26(25)23-17-19-24(20-18-23)34-27-12-3-4-14-29(27)36-30-15-6-16-31(32(30)34)37-33-28(34)13-7-21-35-33/h1-21H. The second kappa shape index (κ2) is 7.55. The van der Waals surface area contributed by atoms with Gasteiger partial charge in [-0.15, -0.1) is 0 Å². The van der Waals surface area contributed by atoms with Crippen molar-refractivity contribution in [3.63, 3.8) is 0 Å². The lowest BCUT2D eigenvalue weighted by atomic mass is 9.62. The van der Waals surface area contributed by atoms with Crippen molar-refractivity contribution in [1.82, 2.24) is 4.98 Å². The number of hydrogen-bond donors (Lipinski definition) is 0. The topological polar surface area (TPSA) is 31.4 Å². The zero-order valence-electron chi connectivity index (χ0n) is 19.9. The third-order valence-electron chi connectivity index (χ3n) is 7.67. The van der Waals surface area contributed by atoms with E-state index in [9.17, 15) is 0 Å². The first kappa shape index (κ1) is 20.3. The summed E-state index contributed by atoms with van der Waals surface area (Å²) in [6, 6.07) is 42.4. The molecule has 0 N–H and O–H groups in total. The Morgan fingerprint density at radius 2 is 1.24 bits per heavy atom. The molecule has 8 rings (SSSR count). The van der Waals surface area contributed by atoms with E-state index < -0.39 is 5.41 Å². The average molecular weight is 476 g/mol. The van der Waals surface area contributed by atoms with Gasteiger partial charge in [-0.25, -0.2) is 4.98 Å². The van der Waals surface area contributed by atoms with Crippen molar-refractivity contribution in [3.8, 4) is 34.3 Å². The van der Waals surface area contributed by atoms with Crippen molar-refractivity contribution in [2.75, 3.05) is 0 Å². The minimum Gasteiger partial charge on any atom is -0.457 e. The Labute approximate surface area is 214 Å². The molecule has 0 saturated carbocycles. The predicted octanol–water partition coefficient (Wildman–Crippen LogP) is 8.50. The molecule has 174 valence electrons. The second-order valence-electron chi connectivity index (χ2n) is 9.54. The molecule has 37 heavy (non-hydrogen) atoms. The van der Waals surface area contributed by atoms with Crippen molar-refractivity contribution in [2.24, 2.45) is 0 Å². The summed E-state index contributed by atoms with van der Waals surface area (Å²) in [5, 5.41) is 2.49. The van der Waals surface area contributed by atoms with Crippen LogP contribution in [0.15, 0.2) is 128 Å². The van der Waals surface area contributed by atoms with Gasteiger partial charge in [0.1, 0.15) is 17.2 Å². The van der Waals surface area contributed by atoms with E-state index >= 15 is 0 Å². The first-order valence-corrected chi connectivity index (χ1v) is 12.5. The zero-order chi connectivity index (χ0) is 24.4. The molecule has 0 spiro atoms. The smallest absolute Gasteiger partial charge is 0.224 e. The summed E-state index contributed by atoms with van der Waals surface area (Å²) < 4.78 is 12.8. The maximum atomic E-state index is 6.43. The molecule has 1 aromatic heterocycles. The molecule has 3 nitrogen and oxygen atoms in total. The summed E-state index contributed by atoms with van der Waals surface area (Å²) >= 11 is 0. The molecule has 0 aliphatic carbocycles. The third-order valence-corrected chi connectivity index (χ3v) is 7.67. The van der Waals surface area contributed by atoms with Gasteiger partial charge in [0.15, 0.2) is 0 Å². The first-order chi connectivity index (χ1) is 18.3. The highest BCUT2D eigenvalue weighted by Crippen LogP contribution is 2.62. The summed E-state index contributed by atoms with van der Waals surface area (Å²) in [5.74, 6) is 3.06. The second-order valence-corrected chi connectivity index (χ2v) is 9.54. The average Bonchev–Trinajstić information content (AvgIpc) is 2.97. The lowest BCUT2D eigenvalue weighted by Crippen LogP contribution is -2.37. The SMILES string of the molecule is c1ccc2c(c1)Oc1cccc3c1C2(c1ccc(-c2cccc4ccccc24)cc1)c1cccnc1O3. The summed E-state index contributed by atoms with van der Waals surface area (Å²) in [6.45, 7) is 0. The van der Waals surface area contributed by atoms with Crippen LogP contribution in [0.4, 0.5) is 0 Å². The number of fused-ring (bicyclic) bond motifs is 5. The van der Waals surface area contributed by atoms with Crippen molar-refractivity contribution in [2.45, 2.75) is 5.41 Å². The Morgan fingerprint density at radius 1 is 0.541 bits per heavy atom. The number of aromatic nitrogens is 1. The maximum Gasteiger partial charge on any atom is 0.224 e. The van der Waals surface area contributed by atoms with Gasteiger partial charge >= 0.3 is 0 Å². The molecule has 0 amide bonds. The van der Waals surface area contributed by atoms with Crippen LogP contribution < -0.4 is 9.47 Å². The summed E-state index contributed by atoms with van der Waals surface area (Å²) in [6.07, 6.45) is 1.79. The molecule has 0 fully saturated rings. The van der Waals surface area contributed by atoms with E-state index in [2.05, 4.69) is 89.9 Å². The van der Waals surface area contributed by atoms with Crippen molar-refractivity contribution >= 4 is 10.8 Å². The fraction of sp³-hybridized carbons (Fsp3) is 0.0294. The van der Waals surface area contributed by atoms with Crippen LogP contribution in [-0.4, -0.2) is 4.98 Å². The van der Waals surface area contributed by atoms with Crippen LogP contribution in [0.5, 0.6) is 23.1 Å². The molecule has 0 bridgehead atoms. The van der Waals surface area contributed by atoms with Gasteiger partial charge in [0.25, 0.3) is 0 Å². The lowest BCUT2D eigenvalue weighted by Gasteiger charge is -2.44. The molecule has 3 heterocycles. The highest BCUT2D eigenvalue weighted by Gasteiger charge is 2.51. The van der Waals surface area contributed by atoms with Gasteiger partial charge in [-0.1, -0.05) is 97.1 Å². The van der Waals surface area contributed by atoms with E-state index in [1.165, 1.54) is 21.9 Å². The van der Waals surface area contributed by atoms with Crippen molar-refractivity contribution in [1.29, 1.82) is 0 Å².